The lowest BCUT2D eigenvalue weighted by atomic mass is 9.34. The minimum atomic E-state index is 0.0639. The molecular formula is C52H46BN3. The van der Waals surface area contributed by atoms with Crippen LogP contribution in [0.4, 0.5) is 17.1 Å². The van der Waals surface area contributed by atoms with Crippen molar-refractivity contribution in [1.29, 1.82) is 0 Å². The Labute approximate surface area is 329 Å². The van der Waals surface area contributed by atoms with Crippen LogP contribution in [0.15, 0.2) is 121 Å². The van der Waals surface area contributed by atoms with E-state index in [2.05, 4.69) is 191 Å². The first-order valence-electron chi connectivity index (χ1n) is 20.4. The summed E-state index contributed by atoms with van der Waals surface area (Å²) in [5.74, 6) is 0.911. The highest BCUT2D eigenvalue weighted by molar-refractivity contribution is 7.00. The molecule has 3 nitrogen and oxygen atoms in total. The number of hydrogen-bond donors (Lipinski definition) is 0. The Bertz CT molecular complexity index is 3070. The van der Waals surface area contributed by atoms with E-state index in [0.717, 1.165) is 11.4 Å². The molecule has 4 heteroatoms. The molecule has 11 rings (SSSR count). The molecule has 0 radical (unpaired) electrons. The molecule has 2 aromatic heterocycles. The van der Waals surface area contributed by atoms with Gasteiger partial charge in [-0.25, -0.2) is 0 Å². The molecule has 0 aliphatic carbocycles. The molecule has 9 aromatic rings. The van der Waals surface area contributed by atoms with Crippen molar-refractivity contribution < 1.29 is 0 Å². The van der Waals surface area contributed by atoms with Gasteiger partial charge in [0.15, 0.2) is 0 Å². The molecule has 2 aliphatic heterocycles. The number of rotatable bonds is 5. The van der Waals surface area contributed by atoms with E-state index in [4.69, 9.17) is 0 Å². The average Bonchev–Trinajstić information content (AvgIpc) is 3.67. The lowest BCUT2D eigenvalue weighted by molar-refractivity contribution is 0.866. The van der Waals surface area contributed by atoms with E-state index in [9.17, 15) is 0 Å². The van der Waals surface area contributed by atoms with E-state index >= 15 is 0 Å². The number of hydrogen-bond acceptors (Lipinski definition) is 1. The zero-order valence-corrected chi connectivity index (χ0v) is 33.6. The van der Waals surface area contributed by atoms with Gasteiger partial charge in [-0.2, -0.15) is 0 Å². The van der Waals surface area contributed by atoms with Crippen molar-refractivity contribution in [2.24, 2.45) is 0 Å². The van der Waals surface area contributed by atoms with E-state index in [0.29, 0.717) is 11.8 Å². The summed E-state index contributed by atoms with van der Waals surface area (Å²) in [6.45, 7) is 18.2. The molecule has 0 saturated carbocycles. The minimum Gasteiger partial charge on any atom is -0.310 e. The molecule has 4 heterocycles. The Morgan fingerprint density at radius 3 is 1.43 bits per heavy atom. The third-order valence-electron chi connectivity index (χ3n) is 12.8. The fourth-order valence-electron chi connectivity index (χ4n) is 10.2. The van der Waals surface area contributed by atoms with Crippen molar-refractivity contribution in [3.8, 4) is 11.4 Å². The molecule has 0 bridgehead atoms. The third kappa shape index (κ3) is 4.53. The molecule has 0 spiro atoms. The first kappa shape index (κ1) is 33.4. The molecule has 7 aromatic carbocycles. The smallest absolute Gasteiger partial charge is 0.252 e. The molecule has 0 fully saturated rings. The first-order valence-corrected chi connectivity index (χ1v) is 20.4. The predicted octanol–water partition coefficient (Wildman–Crippen LogP) is 12.0. The molecule has 0 atom stereocenters. The van der Waals surface area contributed by atoms with Crippen LogP contribution in [-0.4, -0.2) is 15.8 Å². The van der Waals surface area contributed by atoms with Crippen LogP contribution in [0.1, 0.15) is 72.9 Å². The fourth-order valence-corrected chi connectivity index (χ4v) is 10.2. The number of fused-ring (bicyclic) bond motifs is 10. The number of aromatic nitrogens is 2. The molecule has 0 N–H and O–H groups in total. The molecule has 56 heavy (non-hydrogen) atoms. The summed E-state index contributed by atoms with van der Waals surface area (Å²) in [5, 5.41) is 5.32. The summed E-state index contributed by atoms with van der Waals surface area (Å²) in [7, 11) is 0. The van der Waals surface area contributed by atoms with Crippen LogP contribution in [-0.2, 0) is 0 Å². The standard InChI is InChI=1S/C52H46BN3/c1-29(2)35-11-15-37(16-12-35)54(38-17-13-36(14-18-38)30(3)4)48-22-21-47-49-52(48)56-46-20-10-32(6)24-40(46)42-26-34(8)28-44(51(42)56)53(49)43-27-33(7)25-41-39-23-31(5)9-19-45(39)55(47)50(41)43/h9-30H,1-8H3. The maximum absolute atomic E-state index is 2.63. The molecule has 2 aliphatic rings. The Morgan fingerprint density at radius 1 is 0.464 bits per heavy atom. The van der Waals surface area contributed by atoms with Crippen LogP contribution in [0.2, 0.25) is 0 Å². The van der Waals surface area contributed by atoms with Crippen molar-refractivity contribution in [3.05, 3.63) is 155 Å². The zero-order chi connectivity index (χ0) is 38.3. The van der Waals surface area contributed by atoms with Crippen molar-refractivity contribution in [2.75, 3.05) is 4.90 Å². The molecule has 0 amide bonds. The van der Waals surface area contributed by atoms with E-state index in [1.165, 1.54) is 110 Å². The topological polar surface area (TPSA) is 13.1 Å². The molecule has 272 valence electrons. The second-order valence-corrected chi connectivity index (χ2v) is 17.3. The first-order chi connectivity index (χ1) is 27.1. The van der Waals surface area contributed by atoms with Gasteiger partial charge in [-0.3, -0.25) is 0 Å². The lowest BCUT2D eigenvalue weighted by Crippen LogP contribution is -2.59. The maximum atomic E-state index is 2.63. The van der Waals surface area contributed by atoms with Crippen molar-refractivity contribution in [2.45, 2.75) is 67.2 Å². The fraction of sp³-hybridized carbons (Fsp3) is 0.192. The highest BCUT2D eigenvalue weighted by Crippen LogP contribution is 2.46. The Hall–Kier alpha value is -6.00. The van der Waals surface area contributed by atoms with Gasteiger partial charge in [0.05, 0.1) is 22.4 Å². The SMILES string of the molecule is Cc1ccc2c(c1)c1cc(C)cc3c1n2-c1ccc(N(c2ccc(C(C)C)cc2)c2ccc(C(C)C)cc2)c2c1B3c1cc(C)cc3c4cc(C)ccc4n-2c13. The van der Waals surface area contributed by atoms with Gasteiger partial charge in [-0.15, -0.1) is 0 Å². The molecule has 0 saturated heterocycles. The Kier molecular flexibility index (Phi) is 7.00. The minimum absolute atomic E-state index is 0.0639. The predicted molar refractivity (Wildman–Crippen MR) is 242 cm³/mol. The van der Waals surface area contributed by atoms with E-state index in [1.807, 2.05) is 0 Å². The lowest BCUT2D eigenvalue weighted by Gasteiger charge is -2.37. The third-order valence-corrected chi connectivity index (χ3v) is 12.8. The average molecular weight is 724 g/mol. The normalized spacial score (nSPS) is 12.9. The van der Waals surface area contributed by atoms with Crippen LogP contribution in [0, 0.1) is 27.7 Å². The number of benzene rings is 7. The van der Waals surface area contributed by atoms with Gasteiger partial charge in [0, 0.05) is 49.6 Å². The van der Waals surface area contributed by atoms with E-state index in [-0.39, 0.29) is 6.71 Å². The second kappa shape index (κ2) is 11.8. The van der Waals surface area contributed by atoms with E-state index in [1.54, 1.807) is 0 Å². The number of nitrogens with zero attached hydrogens (tertiary/aromatic N) is 3. The van der Waals surface area contributed by atoms with Crippen molar-refractivity contribution >= 4 is 83.8 Å². The van der Waals surface area contributed by atoms with Crippen LogP contribution < -0.4 is 21.3 Å². The van der Waals surface area contributed by atoms with Gasteiger partial charge >= 0.3 is 0 Å². The summed E-state index contributed by atoms with van der Waals surface area (Å²) < 4.78 is 5.22. The summed E-state index contributed by atoms with van der Waals surface area (Å²) in [5.41, 5.74) is 23.3. The Balaban J connectivity index is 1.33. The zero-order valence-electron chi connectivity index (χ0n) is 33.6. The van der Waals surface area contributed by atoms with E-state index < -0.39 is 0 Å². The highest BCUT2D eigenvalue weighted by Gasteiger charge is 2.42. The van der Waals surface area contributed by atoms with Gasteiger partial charge in [-0.05, 0) is 140 Å². The quantitative estimate of drug-likeness (QED) is 0.161. The summed E-state index contributed by atoms with van der Waals surface area (Å²) >= 11 is 0. The highest BCUT2D eigenvalue weighted by atomic mass is 15.2. The van der Waals surface area contributed by atoms with Gasteiger partial charge in [-0.1, -0.05) is 98.5 Å². The van der Waals surface area contributed by atoms with Crippen molar-refractivity contribution in [3.63, 3.8) is 0 Å². The van der Waals surface area contributed by atoms with Gasteiger partial charge in [0.1, 0.15) is 0 Å². The van der Waals surface area contributed by atoms with Crippen LogP contribution in [0.5, 0.6) is 0 Å². The van der Waals surface area contributed by atoms with Crippen LogP contribution in [0.25, 0.3) is 55.0 Å². The number of aryl methyl sites for hydroxylation is 4. The molecule has 0 unspecified atom stereocenters. The van der Waals surface area contributed by atoms with Gasteiger partial charge < -0.3 is 14.0 Å². The molecular weight excluding hydrogens is 677 g/mol. The van der Waals surface area contributed by atoms with Gasteiger partial charge in [0.2, 0.25) is 0 Å². The summed E-state index contributed by atoms with van der Waals surface area (Å²) in [4.78, 5) is 2.52. The Morgan fingerprint density at radius 2 is 0.929 bits per heavy atom. The summed E-state index contributed by atoms with van der Waals surface area (Å²) in [6.07, 6.45) is 0. The van der Waals surface area contributed by atoms with Gasteiger partial charge in [0.25, 0.3) is 6.71 Å². The second-order valence-electron chi connectivity index (χ2n) is 17.3. The summed E-state index contributed by atoms with van der Waals surface area (Å²) in [6, 6.07) is 47.3. The number of anilines is 3. The van der Waals surface area contributed by atoms with Crippen LogP contribution in [0.3, 0.4) is 0 Å². The van der Waals surface area contributed by atoms with Crippen LogP contribution >= 0.6 is 0 Å². The van der Waals surface area contributed by atoms with Crippen molar-refractivity contribution in [1.82, 2.24) is 9.13 Å². The largest absolute Gasteiger partial charge is 0.310 e. The monoisotopic (exact) mass is 723 g/mol. The maximum Gasteiger partial charge on any atom is 0.252 e.